The van der Waals surface area contributed by atoms with E-state index in [1.54, 1.807) is 24.8 Å². The number of guanidine groups is 1. The second-order valence-electron chi connectivity index (χ2n) is 6.02. The molecule has 0 aliphatic carbocycles. The van der Waals surface area contributed by atoms with Gasteiger partial charge in [0.2, 0.25) is 5.96 Å². The predicted octanol–water partition coefficient (Wildman–Crippen LogP) is 3.06. The van der Waals surface area contributed by atoms with Crippen molar-refractivity contribution in [2.45, 2.75) is 0 Å². The SMILES string of the molecule is NC(=NN=Cc1cnc2ccccc2c1)NN=Cc1cnc2ccccc2c1. The van der Waals surface area contributed by atoms with Gasteiger partial charge in [-0.3, -0.25) is 9.97 Å². The summed E-state index contributed by atoms with van der Waals surface area (Å²) in [5.41, 5.74) is 12.0. The highest BCUT2D eigenvalue weighted by atomic mass is 15.4. The molecule has 0 atom stereocenters. The summed E-state index contributed by atoms with van der Waals surface area (Å²) in [5.74, 6) is 0.0787. The van der Waals surface area contributed by atoms with Crippen LogP contribution in [0.4, 0.5) is 0 Å². The van der Waals surface area contributed by atoms with Crippen molar-refractivity contribution in [3.63, 3.8) is 0 Å². The van der Waals surface area contributed by atoms with E-state index in [9.17, 15) is 0 Å². The van der Waals surface area contributed by atoms with Gasteiger partial charge in [0, 0.05) is 34.3 Å². The minimum absolute atomic E-state index is 0.0787. The van der Waals surface area contributed by atoms with Crippen LogP contribution in [0.2, 0.25) is 0 Å². The average molecular weight is 367 g/mol. The zero-order valence-corrected chi connectivity index (χ0v) is 14.9. The second-order valence-corrected chi connectivity index (χ2v) is 6.02. The summed E-state index contributed by atoms with van der Waals surface area (Å²) in [6.45, 7) is 0. The van der Waals surface area contributed by atoms with Crippen LogP contribution in [-0.2, 0) is 0 Å². The van der Waals surface area contributed by atoms with Gasteiger partial charge in [0.15, 0.2) is 0 Å². The average Bonchev–Trinajstić information content (AvgIpc) is 2.73. The van der Waals surface area contributed by atoms with Gasteiger partial charge in [-0.1, -0.05) is 36.4 Å². The van der Waals surface area contributed by atoms with Crippen LogP contribution >= 0.6 is 0 Å². The Hall–Kier alpha value is -4.13. The zero-order chi connectivity index (χ0) is 19.2. The van der Waals surface area contributed by atoms with Crippen LogP contribution in [0.25, 0.3) is 21.8 Å². The van der Waals surface area contributed by atoms with E-state index in [0.717, 1.165) is 32.9 Å². The molecule has 0 aliphatic heterocycles. The third-order valence-corrected chi connectivity index (χ3v) is 3.99. The molecule has 0 saturated heterocycles. The molecule has 2 aromatic heterocycles. The molecule has 0 unspecified atom stereocenters. The number of nitrogens with two attached hydrogens (primary N) is 1. The number of fused-ring (bicyclic) bond motifs is 2. The summed E-state index contributed by atoms with van der Waals surface area (Å²) < 4.78 is 0. The lowest BCUT2D eigenvalue weighted by Crippen LogP contribution is -2.26. The molecular formula is C21H17N7. The summed E-state index contributed by atoms with van der Waals surface area (Å²) >= 11 is 0. The van der Waals surface area contributed by atoms with Crippen molar-refractivity contribution in [1.82, 2.24) is 15.4 Å². The van der Waals surface area contributed by atoms with E-state index in [-0.39, 0.29) is 5.96 Å². The van der Waals surface area contributed by atoms with Crippen LogP contribution in [0, 0.1) is 0 Å². The smallest absolute Gasteiger partial charge is 0.234 e. The van der Waals surface area contributed by atoms with E-state index in [1.807, 2.05) is 60.7 Å². The lowest BCUT2D eigenvalue weighted by Gasteiger charge is -1.99. The molecule has 7 heteroatoms. The molecule has 0 radical (unpaired) electrons. The molecule has 28 heavy (non-hydrogen) atoms. The maximum atomic E-state index is 5.76. The van der Waals surface area contributed by atoms with Crippen LogP contribution in [0.5, 0.6) is 0 Å². The Kier molecular flexibility index (Phi) is 4.97. The Bertz CT molecular complexity index is 1210. The molecule has 0 bridgehead atoms. The number of nitrogens with one attached hydrogen (secondary N) is 1. The molecule has 7 nitrogen and oxygen atoms in total. The quantitative estimate of drug-likeness (QED) is 0.329. The largest absolute Gasteiger partial charge is 0.367 e. The number of hydrogen-bond donors (Lipinski definition) is 2. The normalized spacial score (nSPS) is 12.4. The van der Waals surface area contributed by atoms with Crippen molar-refractivity contribution in [2.75, 3.05) is 0 Å². The molecule has 3 N–H and O–H groups in total. The van der Waals surface area contributed by atoms with E-state index in [2.05, 4.69) is 30.7 Å². The van der Waals surface area contributed by atoms with E-state index in [4.69, 9.17) is 5.73 Å². The highest BCUT2D eigenvalue weighted by Crippen LogP contribution is 2.12. The fraction of sp³-hybridized carbons (Fsp3) is 0. The van der Waals surface area contributed by atoms with Gasteiger partial charge in [-0.15, -0.1) is 5.10 Å². The Labute approximate surface area is 161 Å². The zero-order valence-electron chi connectivity index (χ0n) is 14.9. The van der Waals surface area contributed by atoms with Gasteiger partial charge in [-0.2, -0.15) is 10.2 Å². The van der Waals surface area contributed by atoms with Crippen LogP contribution < -0.4 is 11.2 Å². The number of hydrazone groups is 1. The molecule has 0 spiro atoms. The molecule has 2 heterocycles. The second kappa shape index (κ2) is 8.05. The number of benzene rings is 2. The number of aromatic nitrogens is 2. The van der Waals surface area contributed by atoms with Crippen molar-refractivity contribution in [1.29, 1.82) is 0 Å². The lowest BCUT2D eigenvalue weighted by atomic mass is 10.2. The van der Waals surface area contributed by atoms with Crippen molar-refractivity contribution in [2.24, 2.45) is 21.0 Å². The first-order chi connectivity index (χ1) is 13.8. The number of pyridine rings is 2. The van der Waals surface area contributed by atoms with E-state index < -0.39 is 0 Å². The van der Waals surface area contributed by atoms with Gasteiger partial charge < -0.3 is 5.73 Å². The van der Waals surface area contributed by atoms with E-state index >= 15 is 0 Å². The minimum atomic E-state index is 0.0787. The number of rotatable bonds is 4. The van der Waals surface area contributed by atoms with Gasteiger partial charge in [0.1, 0.15) is 0 Å². The van der Waals surface area contributed by atoms with Gasteiger partial charge in [0.05, 0.1) is 23.5 Å². The molecular weight excluding hydrogens is 350 g/mol. The van der Waals surface area contributed by atoms with Gasteiger partial charge in [0.25, 0.3) is 0 Å². The Balaban J connectivity index is 1.39. The Morgan fingerprint density at radius 1 is 0.821 bits per heavy atom. The molecule has 0 saturated carbocycles. The first-order valence-electron chi connectivity index (χ1n) is 8.63. The minimum Gasteiger partial charge on any atom is -0.367 e. The fourth-order valence-corrected chi connectivity index (χ4v) is 2.67. The third kappa shape index (κ3) is 4.16. The maximum absolute atomic E-state index is 5.76. The monoisotopic (exact) mass is 367 g/mol. The molecule has 4 rings (SSSR count). The molecule has 136 valence electrons. The van der Waals surface area contributed by atoms with Gasteiger partial charge in [-0.25, -0.2) is 5.43 Å². The third-order valence-electron chi connectivity index (χ3n) is 3.99. The van der Waals surface area contributed by atoms with E-state index in [0.29, 0.717) is 0 Å². The molecule has 4 aromatic rings. The van der Waals surface area contributed by atoms with Crippen LogP contribution in [-0.4, -0.2) is 28.4 Å². The molecule has 0 fully saturated rings. The summed E-state index contributed by atoms with van der Waals surface area (Å²) in [5, 5.41) is 14.0. The number of nitrogens with zero attached hydrogens (tertiary/aromatic N) is 5. The first kappa shape index (κ1) is 17.3. The molecule has 0 amide bonds. The Morgan fingerprint density at radius 2 is 1.39 bits per heavy atom. The van der Waals surface area contributed by atoms with Crippen molar-refractivity contribution < 1.29 is 0 Å². The topological polar surface area (TPSA) is 101 Å². The van der Waals surface area contributed by atoms with Crippen LogP contribution in [0.1, 0.15) is 11.1 Å². The summed E-state index contributed by atoms with van der Waals surface area (Å²) in [4.78, 5) is 8.74. The van der Waals surface area contributed by atoms with Crippen molar-refractivity contribution >= 4 is 40.2 Å². The summed E-state index contributed by atoms with van der Waals surface area (Å²) in [6, 6.07) is 19.7. The van der Waals surface area contributed by atoms with Gasteiger partial charge in [-0.05, 0) is 24.3 Å². The first-order valence-corrected chi connectivity index (χ1v) is 8.63. The highest BCUT2D eigenvalue weighted by molar-refractivity contribution is 5.89. The number of hydrogen-bond acceptors (Lipinski definition) is 5. The van der Waals surface area contributed by atoms with Crippen LogP contribution in [0.3, 0.4) is 0 Å². The fourth-order valence-electron chi connectivity index (χ4n) is 2.67. The molecule has 0 aliphatic rings. The standard InChI is InChI=1S/C21H17N7/c22-21(27-25-13-15-9-17-5-1-3-7-19(17)23-11-15)28-26-14-16-10-18-6-2-4-8-20(18)24-12-16/h1-14H,(H3,22,27,28). The maximum Gasteiger partial charge on any atom is 0.234 e. The molecule has 2 aromatic carbocycles. The predicted molar refractivity (Wildman–Crippen MR) is 113 cm³/mol. The van der Waals surface area contributed by atoms with E-state index in [1.165, 1.54) is 0 Å². The Morgan fingerprint density at radius 3 is 2.04 bits per heavy atom. The summed E-state index contributed by atoms with van der Waals surface area (Å²) in [7, 11) is 0. The van der Waals surface area contributed by atoms with Crippen molar-refractivity contribution in [3.8, 4) is 0 Å². The summed E-state index contributed by atoms with van der Waals surface area (Å²) in [6.07, 6.45) is 6.69. The van der Waals surface area contributed by atoms with Gasteiger partial charge >= 0.3 is 0 Å². The lowest BCUT2D eigenvalue weighted by molar-refractivity contribution is 0.994. The number of para-hydroxylation sites is 2. The van der Waals surface area contributed by atoms with Crippen LogP contribution in [0.15, 0.2) is 88.4 Å². The van der Waals surface area contributed by atoms with Crippen molar-refractivity contribution in [3.05, 3.63) is 84.2 Å². The highest BCUT2D eigenvalue weighted by Gasteiger charge is 1.96.